The molecule has 0 aliphatic carbocycles. The van der Waals surface area contributed by atoms with E-state index < -0.39 is 28.5 Å². The number of carbonyl (C=O) groups excluding carboxylic acids is 2. The van der Waals surface area contributed by atoms with Crippen LogP contribution in [-0.4, -0.2) is 44.3 Å². The Hall–Kier alpha value is -3.85. The van der Waals surface area contributed by atoms with Gasteiger partial charge in [0, 0.05) is 29.6 Å². The van der Waals surface area contributed by atoms with E-state index in [1.807, 2.05) is 43.3 Å². The van der Waals surface area contributed by atoms with Crippen molar-refractivity contribution in [1.29, 1.82) is 0 Å². The molecule has 0 saturated heterocycles. The average Bonchev–Trinajstić information content (AvgIpc) is 3.01. The van der Waals surface area contributed by atoms with Crippen LogP contribution in [0.5, 0.6) is 0 Å². The van der Waals surface area contributed by atoms with Crippen molar-refractivity contribution in [2.45, 2.75) is 44.2 Å². The van der Waals surface area contributed by atoms with Gasteiger partial charge in [-0.1, -0.05) is 90.8 Å². The fourth-order valence-electron chi connectivity index (χ4n) is 4.84. The number of amides is 2. The first-order valence-corrected chi connectivity index (χ1v) is 16.5. The summed E-state index contributed by atoms with van der Waals surface area (Å²) < 4.78 is 29.3. The zero-order valence-corrected chi connectivity index (χ0v) is 26.9. The molecule has 0 unspecified atom stereocenters. The van der Waals surface area contributed by atoms with Gasteiger partial charge in [-0.25, -0.2) is 8.42 Å². The lowest BCUT2D eigenvalue weighted by Gasteiger charge is -2.34. The maximum absolute atomic E-state index is 14.5. The van der Waals surface area contributed by atoms with Crippen molar-refractivity contribution in [2.24, 2.45) is 0 Å². The summed E-state index contributed by atoms with van der Waals surface area (Å²) in [6.45, 7) is 3.67. The van der Waals surface area contributed by atoms with E-state index in [9.17, 15) is 18.0 Å². The maximum Gasteiger partial charge on any atom is 0.264 e. The zero-order valence-electron chi connectivity index (χ0n) is 24.6. The summed E-state index contributed by atoms with van der Waals surface area (Å²) in [5.74, 6) is -0.868. The van der Waals surface area contributed by atoms with Crippen LogP contribution >= 0.6 is 23.2 Å². The van der Waals surface area contributed by atoms with Crippen molar-refractivity contribution in [3.8, 4) is 0 Å². The topological polar surface area (TPSA) is 86.8 Å². The van der Waals surface area contributed by atoms with Crippen LogP contribution in [0.1, 0.15) is 30.0 Å². The Bertz CT molecular complexity index is 1680. The molecule has 0 aliphatic heterocycles. The Morgan fingerprint density at radius 1 is 0.818 bits per heavy atom. The van der Waals surface area contributed by atoms with Gasteiger partial charge >= 0.3 is 0 Å². The van der Waals surface area contributed by atoms with Gasteiger partial charge < -0.3 is 10.2 Å². The maximum atomic E-state index is 14.5. The third-order valence-electron chi connectivity index (χ3n) is 7.13. The SMILES string of the molecule is CCCNC(=O)[C@H](Cc1ccccc1)N(Cc1cccc(Cl)c1)C(=O)CN(c1ccccc1C)S(=O)(=O)c1ccc(Cl)cc1. The molecule has 1 atom stereocenters. The first-order valence-electron chi connectivity index (χ1n) is 14.3. The number of anilines is 1. The number of para-hydroxylation sites is 1. The van der Waals surface area contributed by atoms with Crippen molar-refractivity contribution in [3.63, 3.8) is 0 Å². The molecule has 0 heterocycles. The van der Waals surface area contributed by atoms with Gasteiger partial charge in [0.05, 0.1) is 10.6 Å². The molecule has 0 fully saturated rings. The predicted octanol–water partition coefficient (Wildman–Crippen LogP) is 6.66. The highest BCUT2D eigenvalue weighted by Crippen LogP contribution is 2.28. The third-order valence-corrected chi connectivity index (χ3v) is 9.39. The lowest BCUT2D eigenvalue weighted by atomic mass is 10.0. The summed E-state index contributed by atoms with van der Waals surface area (Å²) in [6.07, 6.45) is 0.948. The molecule has 2 amide bonds. The number of halogens is 2. The number of benzene rings is 4. The van der Waals surface area contributed by atoms with Gasteiger partial charge in [0.2, 0.25) is 11.8 Å². The average molecular weight is 653 g/mol. The van der Waals surface area contributed by atoms with Crippen LogP contribution in [0.25, 0.3) is 0 Å². The van der Waals surface area contributed by atoms with E-state index in [4.69, 9.17) is 23.2 Å². The van der Waals surface area contributed by atoms with Crippen molar-refractivity contribution < 1.29 is 18.0 Å². The minimum atomic E-state index is -4.22. The minimum absolute atomic E-state index is 0.0131. The molecule has 230 valence electrons. The van der Waals surface area contributed by atoms with E-state index >= 15 is 0 Å². The van der Waals surface area contributed by atoms with Crippen molar-refractivity contribution in [2.75, 3.05) is 17.4 Å². The molecule has 0 aromatic heterocycles. The number of hydrogen-bond acceptors (Lipinski definition) is 4. The first kappa shape index (κ1) is 33.1. The quantitative estimate of drug-likeness (QED) is 0.175. The van der Waals surface area contributed by atoms with Crippen LogP contribution in [0.3, 0.4) is 0 Å². The van der Waals surface area contributed by atoms with Gasteiger partial charge in [-0.3, -0.25) is 13.9 Å². The molecule has 0 bridgehead atoms. The van der Waals surface area contributed by atoms with Crippen molar-refractivity contribution in [1.82, 2.24) is 10.2 Å². The van der Waals surface area contributed by atoms with E-state index in [0.717, 1.165) is 9.87 Å². The Labute approximate surface area is 269 Å². The van der Waals surface area contributed by atoms with Crippen molar-refractivity contribution >= 4 is 50.7 Å². The fourth-order valence-corrected chi connectivity index (χ4v) is 6.66. The second-order valence-electron chi connectivity index (χ2n) is 10.4. The molecule has 7 nitrogen and oxygen atoms in total. The zero-order chi connectivity index (χ0) is 31.7. The molecule has 0 aliphatic rings. The normalized spacial score (nSPS) is 11.9. The van der Waals surface area contributed by atoms with Crippen molar-refractivity contribution in [3.05, 3.63) is 130 Å². The Morgan fingerprint density at radius 2 is 1.48 bits per heavy atom. The highest BCUT2D eigenvalue weighted by atomic mass is 35.5. The molecular weight excluding hydrogens is 617 g/mol. The van der Waals surface area contributed by atoms with Gasteiger partial charge in [-0.2, -0.15) is 0 Å². The number of carbonyl (C=O) groups is 2. The van der Waals surface area contributed by atoms with Crippen LogP contribution < -0.4 is 9.62 Å². The fraction of sp³-hybridized carbons (Fsp3) is 0.235. The number of nitrogens with zero attached hydrogens (tertiary/aromatic N) is 2. The van der Waals surface area contributed by atoms with Crippen LogP contribution in [0, 0.1) is 6.92 Å². The second kappa shape index (κ2) is 15.2. The summed E-state index contributed by atoms with van der Waals surface area (Å²) in [6, 6.07) is 28.3. The van der Waals surface area contributed by atoms with Crippen LogP contribution in [-0.2, 0) is 32.6 Å². The number of hydrogen-bond donors (Lipinski definition) is 1. The molecule has 0 spiro atoms. The highest BCUT2D eigenvalue weighted by Gasteiger charge is 2.35. The smallest absolute Gasteiger partial charge is 0.264 e. The first-order chi connectivity index (χ1) is 21.1. The predicted molar refractivity (Wildman–Crippen MR) is 176 cm³/mol. The summed E-state index contributed by atoms with van der Waals surface area (Å²) in [4.78, 5) is 29.6. The van der Waals surface area contributed by atoms with E-state index in [2.05, 4.69) is 5.32 Å². The van der Waals surface area contributed by atoms with E-state index in [-0.39, 0.29) is 23.8 Å². The molecule has 4 aromatic rings. The molecule has 0 radical (unpaired) electrons. The van der Waals surface area contributed by atoms with Crippen LogP contribution in [0.15, 0.2) is 108 Å². The van der Waals surface area contributed by atoms with Crippen LogP contribution in [0.2, 0.25) is 10.0 Å². The Kier molecular flexibility index (Phi) is 11.4. The van der Waals surface area contributed by atoms with Gasteiger partial charge in [0.1, 0.15) is 12.6 Å². The standard InChI is InChI=1S/C34H35Cl2N3O4S/c1-3-20-37-34(41)32(22-26-11-5-4-6-12-26)38(23-27-13-9-14-29(36)21-27)33(40)24-39(31-15-8-7-10-25(31)2)44(42,43)30-18-16-28(35)17-19-30/h4-19,21,32H,3,20,22-24H2,1-2H3,(H,37,41)/t32-/m0/s1. The molecule has 1 N–H and O–H groups in total. The van der Waals surface area contributed by atoms with Gasteiger partial charge in [0.15, 0.2) is 0 Å². The number of sulfonamides is 1. The summed E-state index contributed by atoms with van der Waals surface area (Å²) in [7, 11) is -4.22. The van der Waals surface area contributed by atoms with Gasteiger partial charge in [0.25, 0.3) is 10.0 Å². The minimum Gasteiger partial charge on any atom is -0.354 e. The monoisotopic (exact) mass is 651 g/mol. The van der Waals surface area contributed by atoms with E-state index in [1.165, 1.54) is 29.2 Å². The molecule has 44 heavy (non-hydrogen) atoms. The molecule has 10 heteroatoms. The lowest BCUT2D eigenvalue weighted by molar-refractivity contribution is -0.140. The largest absolute Gasteiger partial charge is 0.354 e. The van der Waals surface area contributed by atoms with Crippen LogP contribution in [0.4, 0.5) is 5.69 Å². The van der Waals surface area contributed by atoms with Gasteiger partial charge in [-0.05, 0) is 72.5 Å². The number of rotatable bonds is 13. The Balaban J connectivity index is 1.80. The van der Waals surface area contributed by atoms with E-state index in [0.29, 0.717) is 39.8 Å². The second-order valence-corrected chi connectivity index (χ2v) is 13.1. The summed E-state index contributed by atoms with van der Waals surface area (Å²) >= 11 is 12.3. The van der Waals surface area contributed by atoms with Gasteiger partial charge in [-0.15, -0.1) is 0 Å². The molecular formula is C34H35Cl2N3O4S. The molecule has 0 saturated carbocycles. The third kappa shape index (κ3) is 8.40. The van der Waals surface area contributed by atoms with E-state index in [1.54, 1.807) is 49.4 Å². The summed E-state index contributed by atoms with van der Waals surface area (Å²) in [5, 5.41) is 3.81. The summed E-state index contributed by atoms with van der Waals surface area (Å²) in [5.41, 5.74) is 2.59. The number of aryl methyl sites for hydroxylation is 1. The Morgan fingerprint density at radius 3 is 2.14 bits per heavy atom. The number of nitrogens with one attached hydrogen (secondary N) is 1. The highest BCUT2D eigenvalue weighted by molar-refractivity contribution is 7.92. The lowest BCUT2D eigenvalue weighted by Crippen LogP contribution is -2.53. The molecule has 4 rings (SSSR count). The molecule has 4 aromatic carbocycles.